The molecule has 0 aliphatic heterocycles. The summed E-state index contributed by atoms with van der Waals surface area (Å²) in [6.07, 6.45) is 35.3. The van der Waals surface area contributed by atoms with Crippen molar-refractivity contribution in [2.24, 2.45) is 35.5 Å². The number of carbonyl (C=O) groups excluding carboxylic acids is 10. The lowest BCUT2D eigenvalue weighted by Crippen LogP contribution is -3.00. The second-order valence-corrected chi connectivity index (χ2v) is 31.4. The third-order valence-corrected chi connectivity index (χ3v) is 17.9. The van der Waals surface area contributed by atoms with Crippen LogP contribution in [0.5, 0.6) is 0 Å². The fourth-order valence-corrected chi connectivity index (χ4v) is 11.2. The van der Waals surface area contributed by atoms with Crippen molar-refractivity contribution in [3.8, 4) is 6.07 Å². The molecule has 2 amide bonds. The zero-order valence-electron chi connectivity index (χ0n) is 74.4. The molecule has 32 heteroatoms. The average Bonchev–Trinajstić information content (AvgIpc) is 1.16. The molecule has 118 heavy (non-hydrogen) atoms. The first-order valence-corrected chi connectivity index (χ1v) is 41.1. The number of aliphatic carboxylic acids is 2. The number of likely N-dealkylation sites (N-methyl/N-ethyl adjacent to an activating group) is 6. The largest absolute Gasteiger partial charge is 1.00 e. The summed E-state index contributed by atoms with van der Waals surface area (Å²) >= 11 is 2.94. The maximum atomic E-state index is 12.0. The first-order valence-electron chi connectivity index (χ1n) is 40.0. The van der Waals surface area contributed by atoms with Gasteiger partial charge in [0, 0.05) is 69.4 Å². The quantitative estimate of drug-likeness (QED) is 0.0191. The van der Waals surface area contributed by atoms with Gasteiger partial charge in [0.2, 0.25) is 11.8 Å². The number of nitrogens with one attached hydrogen (secondary N) is 2. The number of halogens is 4. The van der Waals surface area contributed by atoms with Crippen molar-refractivity contribution in [2.75, 3.05) is 208 Å². The van der Waals surface area contributed by atoms with E-state index in [1.165, 1.54) is 6.92 Å². The lowest BCUT2D eigenvalue weighted by Gasteiger charge is -2.30. The summed E-state index contributed by atoms with van der Waals surface area (Å²) in [5.74, 6) is -1.77. The van der Waals surface area contributed by atoms with Crippen LogP contribution in [-0.4, -0.2) is 311 Å². The van der Waals surface area contributed by atoms with E-state index < -0.39 is 11.9 Å². The highest BCUT2D eigenvalue weighted by atomic mass is 79.9. The number of alkyl halides is 1. The smallest absolute Gasteiger partial charge is 0.361 e. The molecule has 4 rings (SSSR count). The number of allylic oxidation sites excluding steroid dienone is 12. The molecule has 0 saturated carbocycles. The number of quaternary nitrogens is 4. The van der Waals surface area contributed by atoms with Crippen LogP contribution in [0.2, 0.25) is 0 Å². The Morgan fingerprint density at radius 2 is 0.771 bits per heavy atom. The van der Waals surface area contributed by atoms with Gasteiger partial charge in [0.1, 0.15) is 30.0 Å². The van der Waals surface area contributed by atoms with Gasteiger partial charge < -0.3 is 133 Å². The van der Waals surface area contributed by atoms with Crippen LogP contribution >= 0.6 is 15.9 Å². The maximum absolute atomic E-state index is 12.0. The number of nitriles is 1. The molecule has 0 aromatic rings. The molecular formula is C86H151Br4N9O19. The zero-order valence-corrected chi connectivity index (χ0v) is 80.8. The summed E-state index contributed by atoms with van der Waals surface area (Å²) < 4.78 is 26.4. The summed E-state index contributed by atoms with van der Waals surface area (Å²) in [5.41, 5.74) is 0. The highest BCUT2D eigenvalue weighted by Crippen LogP contribution is 2.23. The molecule has 0 unspecified atom stereocenters. The fourth-order valence-electron chi connectivity index (χ4n) is 11.0. The van der Waals surface area contributed by atoms with E-state index in [-0.39, 0.29) is 146 Å². The van der Waals surface area contributed by atoms with Gasteiger partial charge in [-0.25, -0.2) is 14.4 Å². The molecule has 0 aromatic heterocycles. The van der Waals surface area contributed by atoms with Crippen LogP contribution in [0.25, 0.3) is 0 Å². The van der Waals surface area contributed by atoms with Crippen LogP contribution in [0, 0.1) is 46.8 Å². The van der Waals surface area contributed by atoms with E-state index in [0.717, 1.165) is 90.4 Å². The van der Waals surface area contributed by atoms with Crippen molar-refractivity contribution in [2.45, 2.75) is 137 Å². The number of esters is 5. The maximum Gasteiger partial charge on any atom is 0.361 e. The number of carboxylic acid groups (broad SMARTS) is 2. The molecule has 0 aromatic carbocycles. The number of hydrogen-bond acceptors (Lipinski definition) is 21. The molecule has 0 radical (unpaired) electrons. The predicted molar refractivity (Wildman–Crippen MR) is 455 cm³/mol. The molecule has 0 spiro atoms. The van der Waals surface area contributed by atoms with E-state index in [9.17, 15) is 57.8 Å². The molecule has 0 saturated heterocycles. The summed E-state index contributed by atoms with van der Waals surface area (Å²) in [6, 6.07) is 1.75. The van der Waals surface area contributed by atoms with Crippen LogP contribution in [0.15, 0.2) is 99.2 Å². The molecule has 4 aliphatic rings. The number of aliphatic hydroxyl groups excluding tert-OH is 1. The SMILES string of the molecule is C=CCC(CC=C)C(=O)NCC[N+](C)(C)CC(=O)OCC.C=CCC(CC=C)C(=O)NCC[N+](C)(C)CC(=O)[O-].CC#N.CCOC(=O)CBr.CCOC(=O)C[N+](C)(C)CCCC(=O)C1CC=CC1.CCOC(=O)C[N+](C)(C)CCCC(=O)C1CC=CC1.CN(C)CCO.CN(C)CCOC(=O)C1CC=CC1.O=C(O)C1CC=CC1.[Br-].[Br-].[Br-]. The second kappa shape index (κ2) is 79.1. The Morgan fingerprint density at radius 3 is 1.01 bits per heavy atom. The van der Waals surface area contributed by atoms with Crippen molar-refractivity contribution >= 4 is 81.1 Å². The normalized spacial score (nSPS) is 13.1. The van der Waals surface area contributed by atoms with Gasteiger partial charge >= 0.3 is 35.8 Å². The minimum absolute atomic E-state index is 0. The highest BCUT2D eigenvalue weighted by molar-refractivity contribution is 9.09. The van der Waals surface area contributed by atoms with E-state index in [2.05, 4.69) is 81.9 Å². The van der Waals surface area contributed by atoms with Crippen LogP contribution < -0.4 is 66.7 Å². The van der Waals surface area contributed by atoms with Gasteiger partial charge in [-0.2, -0.15) is 5.26 Å². The monoisotopic (exact) mass is 1930 g/mol. The van der Waals surface area contributed by atoms with Crippen molar-refractivity contribution in [1.29, 1.82) is 5.26 Å². The minimum atomic E-state index is -1.09. The summed E-state index contributed by atoms with van der Waals surface area (Å²) in [4.78, 5) is 128. The highest BCUT2D eigenvalue weighted by Gasteiger charge is 2.28. The minimum Gasteiger partial charge on any atom is -1.00 e. The molecule has 28 nitrogen and oxygen atoms in total. The second-order valence-electron chi connectivity index (χ2n) is 30.8. The average molecular weight is 1930 g/mol. The number of rotatable bonds is 46. The van der Waals surface area contributed by atoms with Gasteiger partial charge in [0.25, 0.3) is 0 Å². The van der Waals surface area contributed by atoms with Gasteiger partial charge in [0.15, 0.2) is 19.6 Å². The van der Waals surface area contributed by atoms with Crippen molar-refractivity contribution < 1.29 is 161 Å². The molecule has 0 atom stereocenters. The third kappa shape index (κ3) is 78.2. The van der Waals surface area contributed by atoms with Crippen molar-refractivity contribution in [3.63, 3.8) is 0 Å². The Morgan fingerprint density at radius 1 is 0.492 bits per heavy atom. The van der Waals surface area contributed by atoms with E-state index in [4.69, 9.17) is 34.4 Å². The number of carboxylic acids is 2. The molecule has 682 valence electrons. The lowest BCUT2D eigenvalue weighted by atomic mass is 9.98. The molecule has 0 fully saturated rings. The fraction of sp³-hybridized carbons (Fsp3) is 0.674. The summed E-state index contributed by atoms with van der Waals surface area (Å²) in [5, 5.41) is 40.5. The summed E-state index contributed by atoms with van der Waals surface area (Å²) in [7, 11) is 23.2. The zero-order chi connectivity index (χ0) is 88.9. The Balaban J connectivity index is -0.000000199. The van der Waals surface area contributed by atoms with Gasteiger partial charge in [-0.15, -0.1) is 26.3 Å². The predicted octanol–water partition coefficient (Wildman–Crippen LogP) is -0.788. The number of ether oxygens (including phenoxy) is 5. The standard InChI is InChI=1S/C16H28N2O3.2C15H26NO3.C14H24N2O3.C10H17NO2.C6H8O2.C4H7BrO2.C4H11NO.C2H3N.3BrH/c1-6-9-14(10-7-2)16(20)17-11-12-18(4,5)13-15(19)21-8-3;2*1-4-19-15(18)12-16(2,3)11-7-10-14(17)13-8-5-6-9-13;1-5-7-12(8-6-2)14(19)15-9-10-16(3,4)11-13(17)18;1-11(2)7-8-13-10(12)9-5-3-4-6-9;7-6(8)5-3-1-2-4-5;1-2-7-4(6)3-5;1-5(2)3-4-6;1-2-3;;;/h6-7,14H,1-2,8-13H2,3-5H3;2*5-6,13H,4,7-12H2,1-3H3;5-6,12H,1-2,7-11H2,3-4H3,(H-,15,17,18,19);3-4,9H,5-8H2,1-2H3;1-2,5H,3-4H2,(H,7,8);2-3H2,1H3;6H,3-4H2,1-2H3;1H3;3*1H/q;2*+1;;;;;;;;;/p-2. The van der Waals surface area contributed by atoms with Crippen LogP contribution in [-0.2, 0) is 76.4 Å². The Labute approximate surface area is 748 Å². The van der Waals surface area contributed by atoms with Gasteiger partial charge in [-0.1, -0.05) is 88.8 Å². The Kier molecular flexibility index (Phi) is 85.3. The molecule has 4 N–H and O–H groups in total. The van der Waals surface area contributed by atoms with Crippen LogP contribution in [0.3, 0.4) is 0 Å². The number of carbonyl (C=O) groups is 11. The number of amides is 2. The number of Topliss-reactive ketones (excluding diaryl/α,β-unsaturated/α-hetero) is 2. The number of hydrogen-bond donors (Lipinski definition) is 4. The summed E-state index contributed by atoms with van der Waals surface area (Å²) in [6.45, 7) is 32.0. The lowest BCUT2D eigenvalue weighted by molar-refractivity contribution is -0.883. The van der Waals surface area contributed by atoms with Crippen LogP contribution in [0.1, 0.15) is 137 Å². The molecule has 4 aliphatic carbocycles. The molecule has 0 bridgehead atoms. The van der Waals surface area contributed by atoms with E-state index >= 15 is 0 Å². The molecular weight excluding hydrogens is 1780 g/mol. The van der Waals surface area contributed by atoms with Crippen LogP contribution in [0.4, 0.5) is 0 Å². The van der Waals surface area contributed by atoms with Crippen molar-refractivity contribution in [1.82, 2.24) is 20.4 Å². The van der Waals surface area contributed by atoms with E-state index in [0.29, 0.717) is 148 Å². The van der Waals surface area contributed by atoms with Crippen molar-refractivity contribution in [3.05, 3.63) is 99.2 Å². The Bertz CT molecular complexity index is 2870. The van der Waals surface area contributed by atoms with Gasteiger partial charge in [-0.05, 0) is 133 Å². The van der Waals surface area contributed by atoms with Gasteiger partial charge in [0.05, 0.1) is 153 Å². The number of ketones is 2. The number of aliphatic hydroxyl groups is 1. The van der Waals surface area contributed by atoms with Gasteiger partial charge in [-0.3, -0.25) is 33.6 Å². The molecule has 0 heterocycles. The third-order valence-electron chi connectivity index (χ3n) is 17.5. The van der Waals surface area contributed by atoms with E-state index in [1.54, 1.807) is 58.3 Å². The topological polar surface area (TPSA) is 352 Å². The Hall–Kier alpha value is -6.38. The first-order chi connectivity index (χ1) is 54.1. The van der Waals surface area contributed by atoms with E-state index in [1.807, 2.05) is 118 Å². The first kappa shape index (κ1) is 127. The number of nitrogens with zero attached hydrogens (tertiary/aromatic N) is 7.